The molecule has 0 aromatic rings. The molecular weight excluding hydrogens is 404 g/mol. The molecule has 0 amide bonds. The Kier molecular flexibility index (Phi) is 8.06. The minimum atomic E-state index is -0.153. The summed E-state index contributed by atoms with van der Waals surface area (Å²) in [4.78, 5) is 0. The molecule has 0 saturated heterocycles. The van der Waals surface area contributed by atoms with Crippen LogP contribution in [0, 0.1) is 58.2 Å². The summed E-state index contributed by atoms with van der Waals surface area (Å²) < 4.78 is 0. The Morgan fingerprint density at radius 3 is 2.24 bits per heavy atom. The molecule has 4 saturated carbocycles. The maximum atomic E-state index is 10.9. The molecule has 4 fully saturated rings. The first-order valence-corrected chi connectivity index (χ1v) is 14.7. The van der Waals surface area contributed by atoms with E-state index in [4.69, 9.17) is 0 Å². The zero-order valence-electron chi connectivity index (χ0n) is 22.4. The number of rotatable bonds is 8. The highest BCUT2D eigenvalue weighted by Gasteiger charge is 2.61. The smallest absolute Gasteiger partial charge is 0.0612 e. The van der Waals surface area contributed by atoms with Crippen LogP contribution in [-0.4, -0.2) is 22.9 Å². The second-order valence-corrected chi connectivity index (χ2v) is 13.8. The first-order valence-electron chi connectivity index (χ1n) is 14.7. The molecule has 0 spiro atoms. The van der Waals surface area contributed by atoms with E-state index in [-0.39, 0.29) is 12.7 Å². The van der Waals surface area contributed by atoms with E-state index in [1.54, 1.807) is 0 Å². The van der Waals surface area contributed by atoms with Gasteiger partial charge < -0.3 is 10.2 Å². The van der Waals surface area contributed by atoms with E-state index in [2.05, 4.69) is 40.7 Å². The number of fused-ring (bicyclic) bond motifs is 5. The van der Waals surface area contributed by atoms with Crippen LogP contribution in [-0.2, 0) is 0 Å². The van der Waals surface area contributed by atoms with E-state index >= 15 is 0 Å². The molecule has 4 aliphatic rings. The topological polar surface area (TPSA) is 40.5 Å². The van der Waals surface area contributed by atoms with Gasteiger partial charge in [0.2, 0.25) is 0 Å². The Hall–Kier alpha value is -0.340. The summed E-state index contributed by atoms with van der Waals surface area (Å²) in [6, 6.07) is 0. The van der Waals surface area contributed by atoms with Crippen LogP contribution >= 0.6 is 0 Å². The molecule has 33 heavy (non-hydrogen) atoms. The predicted octanol–water partition coefficient (Wildman–Crippen LogP) is 7.63. The maximum absolute atomic E-state index is 10.9. The third-order valence-corrected chi connectivity index (χ3v) is 11.8. The van der Waals surface area contributed by atoms with Gasteiger partial charge in [-0.3, -0.25) is 0 Å². The van der Waals surface area contributed by atoms with Gasteiger partial charge in [0.25, 0.3) is 0 Å². The highest BCUT2D eigenvalue weighted by molar-refractivity contribution is 5.11. The van der Waals surface area contributed by atoms with Gasteiger partial charge in [-0.2, -0.15) is 0 Å². The quantitative estimate of drug-likeness (QED) is 0.367. The van der Waals surface area contributed by atoms with E-state index in [0.717, 1.165) is 48.3 Å². The largest absolute Gasteiger partial charge is 0.393 e. The van der Waals surface area contributed by atoms with Gasteiger partial charge in [-0.05, 0) is 116 Å². The normalized spacial score (nSPS) is 46.2. The van der Waals surface area contributed by atoms with Crippen molar-refractivity contribution in [2.45, 2.75) is 118 Å². The lowest BCUT2D eigenvalue weighted by molar-refractivity contribution is -0.152. The van der Waals surface area contributed by atoms with E-state index in [1.165, 1.54) is 64.2 Å². The SMILES string of the molecule is CC(C)CCC[C@@H](C)[C@H]1CC[C@H]2[C@@H]3CCC4[C@H](C/C=C/CO)[C@H](O)CC[C@]4(C)[C@H]3CC[C@]12C. The zero-order chi connectivity index (χ0) is 23.8. The molecule has 0 aromatic carbocycles. The number of hydrogen-bond donors (Lipinski definition) is 2. The van der Waals surface area contributed by atoms with Crippen LogP contribution < -0.4 is 0 Å². The molecule has 4 aliphatic carbocycles. The van der Waals surface area contributed by atoms with Crippen LogP contribution in [0.4, 0.5) is 0 Å². The molecule has 0 bridgehead atoms. The molecule has 10 atom stereocenters. The van der Waals surface area contributed by atoms with Crippen molar-refractivity contribution < 1.29 is 10.2 Å². The van der Waals surface area contributed by atoms with Gasteiger partial charge in [0.15, 0.2) is 0 Å². The Morgan fingerprint density at radius 2 is 1.52 bits per heavy atom. The molecule has 1 unspecified atom stereocenters. The Morgan fingerprint density at radius 1 is 0.818 bits per heavy atom. The molecule has 2 nitrogen and oxygen atoms in total. The summed E-state index contributed by atoms with van der Waals surface area (Å²) in [7, 11) is 0. The van der Waals surface area contributed by atoms with E-state index in [9.17, 15) is 10.2 Å². The summed E-state index contributed by atoms with van der Waals surface area (Å²) in [5.41, 5.74) is 0.973. The molecular formula is C31H54O2. The van der Waals surface area contributed by atoms with Crippen molar-refractivity contribution in [1.29, 1.82) is 0 Å². The van der Waals surface area contributed by atoms with Crippen molar-refractivity contribution in [3.05, 3.63) is 12.2 Å². The van der Waals surface area contributed by atoms with Gasteiger partial charge in [0, 0.05) is 0 Å². The number of aliphatic hydroxyl groups is 2. The third kappa shape index (κ3) is 4.74. The summed E-state index contributed by atoms with van der Waals surface area (Å²) in [6.45, 7) is 12.8. The number of aliphatic hydroxyl groups excluding tert-OH is 2. The predicted molar refractivity (Wildman–Crippen MR) is 139 cm³/mol. The van der Waals surface area contributed by atoms with Crippen LogP contribution in [0.15, 0.2) is 12.2 Å². The van der Waals surface area contributed by atoms with Crippen molar-refractivity contribution >= 4 is 0 Å². The molecule has 0 aliphatic heterocycles. The summed E-state index contributed by atoms with van der Waals surface area (Å²) in [5.74, 6) is 6.42. The Bertz CT molecular complexity index is 670. The lowest BCUT2D eigenvalue weighted by atomic mass is 9.43. The van der Waals surface area contributed by atoms with Gasteiger partial charge in [0.05, 0.1) is 12.7 Å². The van der Waals surface area contributed by atoms with Crippen molar-refractivity contribution in [3.63, 3.8) is 0 Å². The fraction of sp³-hybridized carbons (Fsp3) is 0.935. The third-order valence-electron chi connectivity index (χ3n) is 11.8. The summed E-state index contributed by atoms with van der Waals surface area (Å²) in [5, 5.41) is 20.1. The van der Waals surface area contributed by atoms with Gasteiger partial charge in [-0.15, -0.1) is 0 Å². The van der Waals surface area contributed by atoms with Crippen LogP contribution in [0.3, 0.4) is 0 Å². The molecule has 2 N–H and O–H groups in total. The molecule has 2 heteroatoms. The van der Waals surface area contributed by atoms with Crippen LogP contribution in [0.25, 0.3) is 0 Å². The molecule has 0 heterocycles. The van der Waals surface area contributed by atoms with Crippen molar-refractivity contribution in [2.24, 2.45) is 58.2 Å². The van der Waals surface area contributed by atoms with Crippen molar-refractivity contribution in [1.82, 2.24) is 0 Å². The first kappa shape index (κ1) is 25.7. The molecule has 4 rings (SSSR count). The van der Waals surface area contributed by atoms with E-state index < -0.39 is 0 Å². The van der Waals surface area contributed by atoms with Crippen LogP contribution in [0.2, 0.25) is 0 Å². The van der Waals surface area contributed by atoms with Crippen LogP contribution in [0.1, 0.15) is 112 Å². The first-order chi connectivity index (χ1) is 15.7. The zero-order valence-corrected chi connectivity index (χ0v) is 22.4. The molecule has 0 radical (unpaired) electrons. The lowest BCUT2D eigenvalue weighted by Gasteiger charge is -2.62. The van der Waals surface area contributed by atoms with E-state index in [0.29, 0.717) is 22.7 Å². The average molecular weight is 459 g/mol. The van der Waals surface area contributed by atoms with Gasteiger partial charge in [-0.1, -0.05) is 66.0 Å². The lowest BCUT2D eigenvalue weighted by Crippen LogP contribution is -2.56. The summed E-state index contributed by atoms with van der Waals surface area (Å²) >= 11 is 0. The van der Waals surface area contributed by atoms with Crippen LogP contribution in [0.5, 0.6) is 0 Å². The Labute approximate surface area is 205 Å². The monoisotopic (exact) mass is 458 g/mol. The fourth-order valence-corrected chi connectivity index (χ4v) is 10.2. The highest BCUT2D eigenvalue weighted by atomic mass is 16.3. The average Bonchev–Trinajstić information content (AvgIpc) is 3.12. The van der Waals surface area contributed by atoms with Gasteiger partial charge in [0.1, 0.15) is 0 Å². The highest BCUT2D eigenvalue weighted by Crippen LogP contribution is 2.69. The second kappa shape index (κ2) is 10.3. The molecule has 190 valence electrons. The maximum Gasteiger partial charge on any atom is 0.0612 e. The minimum Gasteiger partial charge on any atom is -0.393 e. The number of hydrogen-bond acceptors (Lipinski definition) is 2. The van der Waals surface area contributed by atoms with Crippen molar-refractivity contribution in [2.75, 3.05) is 6.61 Å². The fourth-order valence-electron chi connectivity index (χ4n) is 10.2. The van der Waals surface area contributed by atoms with Crippen molar-refractivity contribution in [3.8, 4) is 0 Å². The molecule has 0 aromatic heterocycles. The summed E-state index contributed by atoms with van der Waals surface area (Å²) in [6.07, 6.45) is 19.7. The second-order valence-electron chi connectivity index (χ2n) is 13.8. The number of allylic oxidation sites excluding steroid dienone is 1. The van der Waals surface area contributed by atoms with Gasteiger partial charge in [-0.25, -0.2) is 0 Å². The van der Waals surface area contributed by atoms with Gasteiger partial charge >= 0.3 is 0 Å². The van der Waals surface area contributed by atoms with E-state index in [1.807, 2.05) is 6.08 Å². The standard InChI is InChI=1S/C31H54O2/c1-21(2)9-8-10-22(3)25-14-15-26-23-12-13-27-24(11-6-7-20-32)29(33)17-19-31(27,5)28(23)16-18-30(25,26)4/h6-7,21-29,32-33H,8-20H2,1-5H3/b7-6+/t22-,23+,24+,25-,26+,27?,28+,29-,30-,31+/m1/s1. The Balaban J connectivity index is 1.47. The minimum absolute atomic E-state index is 0.118.